The summed E-state index contributed by atoms with van der Waals surface area (Å²) in [5, 5.41) is 8.83. The van der Waals surface area contributed by atoms with Gasteiger partial charge in [-0.3, -0.25) is 0 Å². The Balaban J connectivity index is 0.000000161. The lowest BCUT2D eigenvalue weighted by Crippen LogP contribution is -2.43. The van der Waals surface area contributed by atoms with Crippen LogP contribution in [0.1, 0.15) is 76.6 Å². The average Bonchev–Trinajstić information content (AvgIpc) is 3.51. The number of hydrogen-bond acceptors (Lipinski definition) is 10. The van der Waals surface area contributed by atoms with Crippen LogP contribution in [0.15, 0.2) is 20.9 Å². The summed E-state index contributed by atoms with van der Waals surface area (Å²) < 4.78 is 67.4. The van der Waals surface area contributed by atoms with Crippen LogP contribution in [-0.4, -0.2) is 84.3 Å². The van der Waals surface area contributed by atoms with Crippen molar-refractivity contribution in [2.45, 2.75) is 78.1 Å². The molecule has 0 unspecified atom stereocenters. The van der Waals surface area contributed by atoms with Crippen LogP contribution in [-0.2, 0) is 33.4 Å². The number of rotatable bonds is 4. The molecule has 2 aromatic rings. The fourth-order valence-corrected chi connectivity index (χ4v) is 6.61. The Kier molecular flexibility index (Phi) is 8.35. The van der Waals surface area contributed by atoms with E-state index in [2.05, 4.69) is 32.8 Å². The molecule has 40 heavy (non-hydrogen) atoms. The largest absolute Gasteiger partial charge is 0.433 e. The highest BCUT2D eigenvalue weighted by atomic mass is 32.2. The van der Waals surface area contributed by atoms with Gasteiger partial charge in [0.05, 0.1) is 11.4 Å². The van der Waals surface area contributed by atoms with Crippen LogP contribution in [0.25, 0.3) is 0 Å². The molecule has 6 heterocycles. The van der Waals surface area contributed by atoms with Crippen LogP contribution in [0.5, 0.6) is 11.8 Å². The van der Waals surface area contributed by atoms with Gasteiger partial charge in [0.25, 0.3) is 0 Å². The number of hydrogen-bond donors (Lipinski definition) is 0. The molecule has 16 heteroatoms. The fraction of sp³-hybridized carbons (Fsp3) is 0.667. The normalized spacial score (nSPS) is 21.1. The van der Waals surface area contributed by atoms with E-state index in [-0.39, 0.29) is 11.8 Å². The van der Waals surface area contributed by atoms with Crippen molar-refractivity contribution < 1.29 is 25.2 Å². The molecule has 4 aliphatic heterocycles. The van der Waals surface area contributed by atoms with Gasteiger partial charge < -0.3 is 18.2 Å². The third-order valence-electron chi connectivity index (χ3n) is 6.89. The van der Waals surface area contributed by atoms with Crippen LogP contribution < -0.4 is 8.37 Å². The van der Waals surface area contributed by atoms with Gasteiger partial charge in [0.1, 0.15) is 0 Å². The van der Waals surface area contributed by atoms with Crippen molar-refractivity contribution in [2.75, 3.05) is 26.2 Å². The van der Waals surface area contributed by atoms with Crippen molar-refractivity contribution in [3.8, 4) is 11.8 Å². The standard InChI is InChI=1S/2C12H18N4O3S/c2*1-2-6-10-9-11-16(13-10)12(14-20(17,18)19-11)15-7-4-3-5-8-15/h2*9H,2-8H2,1H3. The second kappa shape index (κ2) is 11.8. The van der Waals surface area contributed by atoms with E-state index in [0.29, 0.717) is 11.9 Å². The third kappa shape index (κ3) is 6.43. The van der Waals surface area contributed by atoms with Crippen LogP contribution >= 0.6 is 0 Å². The first-order valence-corrected chi connectivity index (χ1v) is 16.7. The van der Waals surface area contributed by atoms with E-state index in [1.54, 1.807) is 12.1 Å². The highest BCUT2D eigenvalue weighted by molar-refractivity contribution is 7.86. The van der Waals surface area contributed by atoms with Crippen molar-refractivity contribution in [1.29, 1.82) is 0 Å². The van der Waals surface area contributed by atoms with Gasteiger partial charge >= 0.3 is 20.6 Å². The molecule has 0 spiro atoms. The minimum Gasteiger partial charge on any atom is -0.344 e. The predicted molar refractivity (Wildman–Crippen MR) is 148 cm³/mol. The Bertz CT molecular complexity index is 1370. The summed E-state index contributed by atoms with van der Waals surface area (Å²) in [5.41, 5.74) is 1.65. The van der Waals surface area contributed by atoms with Gasteiger partial charge in [0, 0.05) is 38.3 Å². The SMILES string of the molecule is CCCc1cc2n(n1)C(N1CCCCC1)=NS(=O)(=O)O2.CCCc1cc2n(n1)C(N1CCCCC1)=NS(=O)(=O)O2. The first kappa shape index (κ1) is 28.4. The number of piperidine rings is 2. The maximum atomic E-state index is 11.8. The molecule has 2 fully saturated rings. The summed E-state index contributed by atoms with van der Waals surface area (Å²) in [5.74, 6) is 1.22. The smallest absolute Gasteiger partial charge is 0.344 e. The van der Waals surface area contributed by atoms with E-state index in [1.165, 1.54) is 22.2 Å². The molecule has 0 aliphatic carbocycles. The molecule has 0 bridgehead atoms. The van der Waals surface area contributed by atoms with Crippen LogP contribution in [0, 0.1) is 0 Å². The Morgan fingerprint density at radius 2 is 1.02 bits per heavy atom. The maximum absolute atomic E-state index is 11.8. The zero-order chi connectivity index (χ0) is 28.3. The zero-order valence-electron chi connectivity index (χ0n) is 22.9. The highest BCUT2D eigenvalue weighted by Gasteiger charge is 2.32. The van der Waals surface area contributed by atoms with Gasteiger partial charge in [0.2, 0.25) is 23.7 Å². The molecule has 0 aromatic carbocycles. The first-order valence-electron chi connectivity index (χ1n) is 14.0. The minimum absolute atomic E-state index is 0.240. The molecule has 2 aromatic heterocycles. The Morgan fingerprint density at radius 3 is 1.38 bits per heavy atom. The quantitative estimate of drug-likeness (QED) is 0.514. The molecule has 6 rings (SSSR count). The molecule has 220 valence electrons. The maximum Gasteiger partial charge on any atom is 0.433 e. The van der Waals surface area contributed by atoms with Crippen molar-refractivity contribution >= 4 is 32.5 Å². The van der Waals surface area contributed by atoms with Crippen molar-refractivity contribution in [3.05, 3.63) is 23.5 Å². The monoisotopic (exact) mass is 596 g/mol. The predicted octanol–water partition coefficient (Wildman–Crippen LogP) is 2.33. The molecular weight excluding hydrogens is 560 g/mol. The molecular formula is C24H36N8O6S2. The van der Waals surface area contributed by atoms with E-state index < -0.39 is 20.6 Å². The number of likely N-dealkylation sites (tertiary alicyclic amines) is 2. The summed E-state index contributed by atoms with van der Waals surface area (Å²) in [7, 11) is -7.82. The molecule has 0 amide bonds. The van der Waals surface area contributed by atoms with Crippen LogP contribution in [0.4, 0.5) is 0 Å². The number of aryl methyl sites for hydroxylation is 2. The van der Waals surface area contributed by atoms with Crippen molar-refractivity contribution in [1.82, 2.24) is 29.4 Å². The summed E-state index contributed by atoms with van der Waals surface area (Å²) in [4.78, 5) is 3.94. The van der Waals surface area contributed by atoms with Gasteiger partial charge in [0.15, 0.2) is 0 Å². The topological polar surface area (TPSA) is 154 Å². The molecule has 0 saturated carbocycles. The van der Waals surface area contributed by atoms with Gasteiger partial charge in [-0.1, -0.05) is 35.5 Å². The van der Waals surface area contributed by atoms with Gasteiger partial charge in [-0.15, -0.1) is 0 Å². The van der Waals surface area contributed by atoms with Gasteiger partial charge in [-0.05, 0) is 51.4 Å². The minimum atomic E-state index is -3.91. The number of nitrogens with zero attached hydrogens (tertiary/aromatic N) is 8. The molecule has 4 aliphatic rings. The van der Waals surface area contributed by atoms with Gasteiger partial charge in [-0.2, -0.15) is 36.4 Å². The third-order valence-corrected chi connectivity index (χ3v) is 8.43. The fourth-order valence-electron chi connectivity index (χ4n) is 5.08. The summed E-state index contributed by atoms with van der Waals surface area (Å²) >= 11 is 0. The second-order valence-corrected chi connectivity index (χ2v) is 12.6. The lowest BCUT2D eigenvalue weighted by molar-refractivity contribution is 0.324. The molecule has 0 radical (unpaired) electrons. The van der Waals surface area contributed by atoms with Crippen LogP contribution in [0.2, 0.25) is 0 Å². The summed E-state index contributed by atoms with van der Waals surface area (Å²) in [6, 6.07) is 3.36. The second-order valence-electron chi connectivity index (χ2n) is 10.2. The highest BCUT2D eigenvalue weighted by Crippen LogP contribution is 2.25. The van der Waals surface area contributed by atoms with E-state index in [9.17, 15) is 16.8 Å². The van der Waals surface area contributed by atoms with E-state index in [4.69, 9.17) is 8.37 Å². The first-order chi connectivity index (χ1) is 19.2. The lowest BCUT2D eigenvalue weighted by Gasteiger charge is -2.30. The number of aromatic nitrogens is 4. The van der Waals surface area contributed by atoms with Crippen molar-refractivity contribution in [3.63, 3.8) is 0 Å². The molecule has 14 nitrogen and oxygen atoms in total. The Morgan fingerprint density at radius 1 is 0.650 bits per heavy atom. The molecule has 0 atom stereocenters. The lowest BCUT2D eigenvalue weighted by atomic mass is 10.1. The van der Waals surface area contributed by atoms with Gasteiger partial charge in [-0.25, -0.2) is 0 Å². The van der Waals surface area contributed by atoms with Crippen LogP contribution in [0.3, 0.4) is 0 Å². The molecule has 0 N–H and O–H groups in total. The summed E-state index contributed by atoms with van der Waals surface area (Å²) in [6.07, 6.45) is 9.96. The van der Waals surface area contributed by atoms with Crippen molar-refractivity contribution in [2.24, 2.45) is 8.80 Å². The summed E-state index contributed by atoms with van der Waals surface area (Å²) in [6.45, 7) is 7.31. The number of fused-ring (bicyclic) bond motifs is 2. The van der Waals surface area contributed by atoms with E-state index >= 15 is 0 Å². The van der Waals surface area contributed by atoms with E-state index in [1.807, 2.05) is 9.80 Å². The van der Waals surface area contributed by atoms with E-state index in [0.717, 1.165) is 88.9 Å². The molecule has 2 saturated heterocycles. The Hall–Kier alpha value is -3.14. The Labute approximate surface area is 235 Å². The average molecular weight is 597 g/mol. The zero-order valence-corrected chi connectivity index (χ0v) is 24.5.